The predicted octanol–water partition coefficient (Wildman–Crippen LogP) is 5.25. The van der Waals surface area contributed by atoms with Crippen molar-refractivity contribution in [1.82, 2.24) is 0 Å². The predicted molar refractivity (Wildman–Crippen MR) is 150 cm³/mol. The summed E-state index contributed by atoms with van der Waals surface area (Å²) in [6.07, 6.45) is 7.02. The Morgan fingerprint density at radius 1 is 0.222 bits per heavy atom. The molecule has 0 saturated heterocycles. The first kappa shape index (κ1) is 17.3. The summed E-state index contributed by atoms with van der Waals surface area (Å²) in [5.74, 6) is 40.8. The molecule has 27 aliphatic carbocycles. The zero-order valence-electron chi connectivity index (χ0n) is 25.6. The van der Waals surface area contributed by atoms with Gasteiger partial charge in [0.15, 0.2) is 0 Å². The van der Waals surface area contributed by atoms with Crippen LogP contribution in [0.1, 0.15) is 25.7 Å². The molecule has 0 aromatic heterocycles. The molecule has 26 atom stereocenters. The molecule has 26 unspecified atom stereocenters. The third-order valence-electron chi connectivity index (χ3n) is 34.3. The van der Waals surface area contributed by atoms with Crippen LogP contribution < -0.4 is 0 Å². The fourth-order valence-corrected chi connectivity index (χ4v) is 39.7. The number of hydrogen-bond donors (Lipinski definition) is 0. The van der Waals surface area contributed by atoms with Gasteiger partial charge in [0.1, 0.15) is 0 Å². The fraction of sp³-hybridized carbons (Fsp3) is 1.00. The van der Waals surface area contributed by atoms with Crippen molar-refractivity contribution < 1.29 is 0 Å². The summed E-state index contributed by atoms with van der Waals surface area (Å²) in [6.45, 7) is 0. The number of fused-ring (bicyclic) bond motifs is 24. The Labute approximate surface area is 262 Å². The molecule has 27 fully saturated rings. The van der Waals surface area contributed by atoms with Gasteiger partial charge in [0.2, 0.25) is 0 Å². The van der Waals surface area contributed by atoms with E-state index in [9.17, 15) is 0 Å². The summed E-state index contributed by atoms with van der Waals surface area (Å²) in [5.41, 5.74) is 11.9. The zero-order chi connectivity index (χ0) is 25.6. The SMILES string of the molecule is C1C2CC3C4C5C6C7C(C8C5C45C8C1C235)C1C2C3C4C5C8C9C%10C%11CC%12CC%13C%14C%15C%16C%17C%18C%19C%20C6C71C2%20C3%19C4%18C5%17C8%16C9%15C%10%14C%12%11%13. The monoisotopic (exact) mass is 578 g/mol. The maximum absolute atomic E-state index is 1.76. The first-order valence-electron chi connectivity index (χ1n) is 22.4. The molecule has 0 aliphatic heterocycles. The first-order chi connectivity index (χ1) is 22.4. The lowest BCUT2D eigenvalue weighted by molar-refractivity contribution is -0.915. The molecule has 0 aromatic rings. The van der Waals surface area contributed by atoms with Gasteiger partial charge in [0.05, 0.1) is 0 Å². The molecule has 27 aliphatic rings. The Bertz CT molecular complexity index is 2180. The molecule has 0 nitrogen and oxygen atoms in total. The third-order valence-corrected chi connectivity index (χ3v) is 34.3. The Balaban J connectivity index is 0.703. The van der Waals surface area contributed by atoms with Crippen molar-refractivity contribution >= 4 is 0 Å². The van der Waals surface area contributed by atoms with Gasteiger partial charge < -0.3 is 0 Å². The molecule has 27 rings (SSSR count). The second-order valence-electron chi connectivity index (χ2n) is 27.4. The average Bonchev–Trinajstić information content (AvgIpc) is 2.90. The van der Waals surface area contributed by atoms with Crippen molar-refractivity contribution in [1.29, 1.82) is 0 Å². The third kappa shape index (κ3) is 0.583. The van der Waals surface area contributed by atoms with E-state index < -0.39 is 0 Å². The Morgan fingerprint density at radius 2 is 0.556 bits per heavy atom. The molecule has 0 aromatic carbocycles. The molecule has 11 spiro atoms. The molecule has 0 heteroatoms. The van der Waals surface area contributed by atoms with Crippen LogP contribution in [0.3, 0.4) is 0 Å². The van der Waals surface area contributed by atoms with Crippen LogP contribution >= 0.6 is 0 Å². The maximum Gasteiger partial charge on any atom is -0.00932 e. The fourth-order valence-electron chi connectivity index (χ4n) is 39.7. The number of hydrogen-bond acceptors (Lipinski definition) is 0. The van der Waals surface area contributed by atoms with Gasteiger partial charge in [-0.1, -0.05) is 0 Å². The van der Waals surface area contributed by atoms with E-state index in [1.807, 2.05) is 0 Å². The highest BCUT2D eigenvalue weighted by atomic mass is 15.4. The highest BCUT2D eigenvalue weighted by Gasteiger charge is 3.36. The normalized spacial score (nSPS) is 121. The second-order valence-corrected chi connectivity index (χ2v) is 27.4. The molecule has 0 amide bonds. The van der Waals surface area contributed by atoms with Gasteiger partial charge in [-0.2, -0.15) is 0 Å². The molecule has 0 bridgehead atoms. The van der Waals surface area contributed by atoms with Crippen LogP contribution in [0.4, 0.5) is 0 Å². The van der Waals surface area contributed by atoms with Crippen molar-refractivity contribution in [3.63, 3.8) is 0 Å². The molecule has 0 heterocycles. The van der Waals surface area contributed by atoms with E-state index in [-0.39, 0.29) is 0 Å². The summed E-state index contributed by atoms with van der Waals surface area (Å²) in [6, 6.07) is 0. The second kappa shape index (κ2) is 3.18. The van der Waals surface area contributed by atoms with Crippen LogP contribution in [-0.2, 0) is 0 Å². The molecular weight excluding hydrogens is 540 g/mol. The maximum atomic E-state index is 1.76. The summed E-state index contributed by atoms with van der Waals surface area (Å²) in [5, 5.41) is 0. The van der Waals surface area contributed by atoms with E-state index in [4.69, 9.17) is 0 Å². The minimum Gasteiger partial charge on any atom is -0.0461 e. The Hall–Kier alpha value is 0. The van der Waals surface area contributed by atoms with E-state index in [1.54, 1.807) is 25.7 Å². The van der Waals surface area contributed by atoms with E-state index in [0.29, 0.717) is 0 Å². The largest absolute Gasteiger partial charge is 0.0461 e. The van der Waals surface area contributed by atoms with Crippen molar-refractivity contribution in [2.75, 3.05) is 0 Å². The molecule has 45 heavy (non-hydrogen) atoms. The van der Waals surface area contributed by atoms with E-state index in [2.05, 4.69) is 0 Å². The van der Waals surface area contributed by atoms with Crippen LogP contribution in [0.2, 0.25) is 0 Å². The van der Waals surface area contributed by atoms with Gasteiger partial charge in [0, 0.05) is 0 Å². The van der Waals surface area contributed by atoms with Gasteiger partial charge in [-0.15, -0.1) is 0 Å². The highest BCUT2D eigenvalue weighted by molar-refractivity contribution is 5.81. The molecule has 218 valence electrons. The van der Waals surface area contributed by atoms with Crippen molar-refractivity contribution in [2.24, 2.45) is 237 Å². The van der Waals surface area contributed by atoms with Crippen LogP contribution in [0, 0.1) is 237 Å². The summed E-state index contributed by atoms with van der Waals surface area (Å²) in [4.78, 5) is 0. The lowest BCUT2D eigenvalue weighted by Gasteiger charge is -3.37. The van der Waals surface area contributed by atoms with E-state index in [0.717, 1.165) is 59.6 Å². The minimum atomic E-state index is 1.06. The standard InChI is InChI=1S/C45H38/c1-5-2-8-16-12-14-20-13(11-15-7(1)35(5,8)37(15,16)19(11)12)21-25-29-33-31-27-23-17-9-3-6-4-10-18-24-28-32-34-30-26-22(14)38(20,21)40(25,26)42(29,30)44(33,34)45(31,32)43(27,28)41(23,24)39(17,18)36(6,9)10/h5-34H,1-4H2. The van der Waals surface area contributed by atoms with Gasteiger partial charge in [-0.3, -0.25) is 0 Å². The van der Waals surface area contributed by atoms with Crippen molar-refractivity contribution in [2.45, 2.75) is 25.7 Å². The highest BCUT2D eigenvalue weighted by Crippen LogP contribution is 3.38. The molecular formula is C45H38. The van der Waals surface area contributed by atoms with E-state index >= 15 is 0 Å². The lowest BCUT2D eigenvalue weighted by atomic mass is 8.66. The summed E-state index contributed by atoms with van der Waals surface area (Å²) in [7, 11) is 0. The summed E-state index contributed by atoms with van der Waals surface area (Å²) >= 11 is 0. The van der Waals surface area contributed by atoms with Gasteiger partial charge >= 0.3 is 0 Å². The Kier molecular flexibility index (Phi) is 1.22. The number of rotatable bonds is 0. The van der Waals surface area contributed by atoms with Gasteiger partial charge in [-0.05, 0) is 263 Å². The Morgan fingerprint density at radius 3 is 1.02 bits per heavy atom. The van der Waals surface area contributed by atoms with Crippen LogP contribution in [0.25, 0.3) is 0 Å². The average molecular weight is 579 g/mol. The van der Waals surface area contributed by atoms with E-state index in [1.165, 1.54) is 178 Å². The lowest BCUT2D eigenvalue weighted by Crippen LogP contribution is -3.35. The first-order valence-corrected chi connectivity index (χ1v) is 22.4. The quantitative estimate of drug-likeness (QED) is 0.369. The van der Waals surface area contributed by atoms with Gasteiger partial charge in [-0.25, -0.2) is 0 Å². The smallest absolute Gasteiger partial charge is 0.00932 e. The van der Waals surface area contributed by atoms with Gasteiger partial charge in [0.25, 0.3) is 0 Å². The van der Waals surface area contributed by atoms with Crippen molar-refractivity contribution in [3.05, 3.63) is 0 Å². The molecule has 0 radical (unpaired) electrons. The topological polar surface area (TPSA) is 0 Å². The minimum absolute atomic E-state index is 1.06. The summed E-state index contributed by atoms with van der Waals surface area (Å²) < 4.78 is 0. The molecule has 27 saturated carbocycles. The van der Waals surface area contributed by atoms with Crippen molar-refractivity contribution in [3.8, 4) is 0 Å². The molecule has 0 N–H and O–H groups in total. The van der Waals surface area contributed by atoms with Crippen LogP contribution in [-0.4, -0.2) is 0 Å². The van der Waals surface area contributed by atoms with Crippen LogP contribution in [0.15, 0.2) is 0 Å². The van der Waals surface area contributed by atoms with Crippen LogP contribution in [0.5, 0.6) is 0 Å². The zero-order valence-corrected chi connectivity index (χ0v) is 25.6.